The van der Waals surface area contributed by atoms with Crippen LogP contribution in [0.5, 0.6) is 5.75 Å². The van der Waals surface area contributed by atoms with Crippen LogP contribution in [0.3, 0.4) is 0 Å². The van der Waals surface area contributed by atoms with Crippen molar-refractivity contribution in [3.8, 4) is 5.75 Å². The van der Waals surface area contributed by atoms with Crippen molar-refractivity contribution < 1.29 is 9.90 Å². The maximum absolute atomic E-state index is 13.3. The molecule has 0 aliphatic carbocycles. The van der Waals surface area contributed by atoms with Gasteiger partial charge in [0.25, 0.3) is 0 Å². The number of fused-ring (bicyclic) bond motifs is 1. The minimum absolute atomic E-state index is 0.0995. The van der Waals surface area contributed by atoms with Crippen LogP contribution >= 0.6 is 0 Å². The van der Waals surface area contributed by atoms with Crippen LogP contribution in [0.4, 0.5) is 0 Å². The minimum atomic E-state index is -0.155. The molecular formula is C23H29N3O2. The Hall–Kier alpha value is -2.37. The Bertz CT molecular complexity index is 856. The summed E-state index contributed by atoms with van der Waals surface area (Å²) in [6.07, 6.45) is 1.72. The molecule has 5 heteroatoms. The van der Waals surface area contributed by atoms with Gasteiger partial charge in [-0.15, -0.1) is 0 Å². The quantitative estimate of drug-likeness (QED) is 0.861. The zero-order valence-electron chi connectivity index (χ0n) is 16.7. The van der Waals surface area contributed by atoms with E-state index < -0.39 is 0 Å². The second-order valence-electron chi connectivity index (χ2n) is 8.18. The average molecular weight is 380 g/mol. The van der Waals surface area contributed by atoms with Gasteiger partial charge >= 0.3 is 0 Å². The third-order valence-electron chi connectivity index (χ3n) is 6.53. The van der Waals surface area contributed by atoms with Crippen LogP contribution in [0, 0.1) is 0 Å². The summed E-state index contributed by atoms with van der Waals surface area (Å²) in [7, 11) is 4.17. The number of nitrogens with zero attached hydrogens (tertiary/aromatic N) is 2. The van der Waals surface area contributed by atoms with Crippen LogP contribution in [-0.2, 0) is 16.9 Å². The lowest BCUT2D eigenvalue weighted by Crippen LogP contribution is -2.53. The zero-order chi connectivity index (χ0) is 19.7. The molecule has 2 N–H and O–H groups in total. The fraction of sp³-hybridized carbons (Fsp3) is 0.435. The number of benzene rings is 2. The van der Waals surface area contributed by atoms with E-state index >= 15 is 0 Å². The standard InChI is InChI=1S/C23H29N3O2/c1-25(2)23(18-7-5-8-19(27)14-18)10-12-26(13-11-23)22(28)21-16-24-15-17-6-3-4-9-20(17)21/h3-9,14,21,24,27H,10-13,15-16H2,1-2H3. The van der Waals surface area contributed by atoms with Gasteiger partial charge in [0.2, 0.25) is 5.91 Å². The predicted molar refractivity (Wildman–Crippen MR) is 110 cm³/mol. The van der Waals surface area contributed by atoms with Crippen LogP contribution in [0.25, 0.3) is 0 Å². The fourth-order valence-corrected chi connectivity index (χ4v) is 4.82. The van der Waals surface area contributed by atoms with Crippen molar-refractivity contribution in [3.05, 3.63) is 65.2 Å². The van der Waals surface area contributed by atoms with Crippen LogP contribution in [0.1, 0.15) is 35.4 Å². The molecule has 1 unspecified atom stereocenters. The molecule has 1 atom stereocenters. The maximum Gasteiger partial charge on any atom is 0.231 e. The Morgan fingerprint density at radius 3 is 2.61 bits per heavy atom. The average Bonchev–Trinajstić information content (AvgIpc) is 2.72. The molecule has 1 fully saturated rings. The molecule has 0 saturated carbocycles. The number of amides is 1. The third kappa shape index (κ3) is 3.29. The third-order valence-corrected chi connectivity index (χ3v) is 6.53. The summed E-state index contributed by atoms with van der Waals surface area (Å²) >= 11 is 0. The topological polar surface area (TPSA) is 55.8 Å². The Morgan fingerprint density at radius 1 is 1.14 bits per heavy atom. The smallest absolute Gasteiger partial charge is 0.231 e. The molecule has 28 heavy (non-hydrogen) atoms. The van der Waals surface area contributed by atoms with Crippen molar-refractivity contribution in [1.82, 2.24) is 15.1 Å². The number of nitrogens with one attached hydrogen (secondary N) is 1. The number of likely N-dealkylation sites (tertiary alicyclic amines) is 1. The Balaban J connectivity index is 1.53. The molecular weight excluding hydrogens is 350 g/mol. The van der Waals surface area contributed by atoms with Crippen molar-refractivity contribution in [1.29, 1.82) is 0 Å². The summed E-state index contributed by atoms with van der Waals surface area (Å²) in [4.78, 5) is 17.6. The van der Waals surface area contributed by atoms with E-state index in [1.54, 1.807) is 6.07 Å². The minimum Gasteiger partial charge on any atom is -0.508 e. The first-order chi connectivity index (χ1) is 13.5. The van der Waals surface area contributed by atoms with E-state index in [9.17, 15) is 9.90 Å². The highest BCUT2D eigenvalue weighted by Gasteiger charge is 2.41. The summed E-state index contributed by atoms with van der Waals surface area (Å²) in [5.74, 6) is 0.419. The summed E-state index contributed by atoms with van der Waals surface area (Å²) in [6, 6.07) is 15.8. The highest BCUT2D eigenvalue weighted by atomic mass is 16.3. The van der Waals surface area contributed by atoms with E-state index in [1.165, 1.54) is 11.1 Å². The second kappa shape index (κ2) is 7.57. The van der Waals surface area contributed by atoms with Gasteiger partial charge in [0.1, 0.15) is 5.75 Å². The lowest BCUT2D eigenvalue weighted by molar-refractivity contribution is -0.135. The molecule has 5 nitrogen and oxygen atoms in total. The molecule has 2 aromatic carbocycles. The monoisotopic (exact) mass is 379 g/mol. The lowest BCUT2D eigenvalue weighted by atomic mass is 9.79. The molecule has 0 aromatic heterocycles. The molecule has 0 radical (unpaired) electrons. The highest BCUT2D eigenvalue weighted by Crippen LogP contribution is 2.39. The van der Waals surface area contributed by atoms with Crippen LogP contribution < -0.4 is 5.32 Å². The summed E-state index contributed by atoms with van der Waals surface area (Å²) in [6.45, 7) is 3.00. The van der Waals surface area contributed by atoms with E-state index in [0.717, 1.165) is 38.0 Å². The van der Waals surface area contributed by atoms with Crippen LogP contribution in [-0.4, -0.2) is 54.5 Å². The lowest BCUT2D eigenvalue weighted by Gasteiger charge is -2.47. The van der Waals surface area contributed by atoms with E-state index in [-0.39, 0.29) is 17.4 Å². The largest absolute Gasteiger partial charge is 0.508 e. The number of rotatable bonds is 3. The molecule has 4 rings (SSSR count). The molecule has 1 saturated heterocycles. The van der Waals surface area contributed by atoms with Crippen molar-refractivity contribution in [2.24, 2.45) is 0 Å². The molecule has 1 amide bonds. The van der Waals surface area contributed by atoms with Crippen molar-refractivity contribution in [3.63, 3.8) is 0 Å². The van der Waals surface area contributed by atoms with Gasteiger partial charge in [-0.2, -0.15) is 0 Å². The number of hydrogen-bond donors (Lipinski definition) is 2. The summed E-state index contributed by atoms with van der Waals surface area (Å²) < 4.78 is 0. The van der Waals surface area contributed by atoms with Gasteiger partial charge in [-0.25, -0.2) is 0 Å². The van der Waals surface area contributed by atoms with Crippen LogP contribution in [0.2, 0.25) is 0 Å². The number of hydrogen-bond acceptors (Lipinski definition) is 4. The van der Waals surface area contributed by atoms with Crippen molar-refractivity contribution in [2.75, 3.05) is 33.7 Å². The van der Waals surface area contributed by atoms with Gasteiger partial charge in [0.15, 0.2) is 0 Å². The Kier molecular flexibility index (Phi) is 5.13. The first-order valence-electron chi connectivity index (χ1n) is 10.1. The first kappa shape index (κ1) is 19.0. The molecule has 2 aromatic rings. The first-order valence-corrected chi connectivity index (χ1v) is 10.1. The van der Waals surface area contributed by atoms with Crippen molar-refractivity contribution in [2.45, 2.75) is 30.8 Å². The number of aromatic hydroxyl groups is 1. The summed E-state index contributed by atoms with van der Waals surface area (Å²) in [5, 5.41) is 13.3. The van der Waals surface area contributed by atoms with E-state index in [2.05, 4.69) is 42.5 Å². The molecule has 2 heterocycles. The van der Waals surface area contributed by atoms with E-state index in [4.69, 9.17) is 0 Å². The second-order valence-corrected chi connectivity index (χ2v) is 8.18. The number of piperidine rings is 1. The fourth-order valence-electron chi connectivity index (χ4n) is 4.82. The van der Waals surface area contributed by atoms with Crippen molar-refractivity contribution >= 4 is 5.91 Å². The molecule has 148 valence electrons. The number of carbonyl (C=O) groups excluding carboxylic acids is 1. The molecule has 0 spiro atoms. The Morgan fingerprint density at radius 2 is 1.89 bits per heavy atom. The Labute approximate surface area is 167 Å². The molecule has 2 aliphatic rings. The number of carbonyl (C=O) groups is 1. The number of phenols is 1. The van der Waals surface area contributed by atoms with Gasteiger partial charge < -0.3 is 15.3 Å². The van der Waals surface area contributed by atoms with Gasteiger partial charge in [-0.05, 0) is 55.8 Å². The van der Waals surface area contributed by atoms with Gasteiger partial charge in [-0.3, -0.25) is 9.69 Å². The molecule has 0 bridgehead atoms. The zero-order valence-corrected chi connectivity index (χ0v) is 16.7. The van der Waals surface area contributed by atoms with E-state index in [0.29, 0.717) is 12.3 Å². The highest BCUT2D eigenvalue weighted by molar-refractivity contribution is 5.85. The van der Waals surface area contributed by atoms with Gasteiger partial charge in [0.05, 0.1) is 5.92 Å². The van der Waals surface area contributed by atoms with E-state index in [1.807, 2.05) is 29.2 Å². The number of phenolic OH excluding ortho intramolecular Hbond substituents is 1. The SMILES string of the molecule is CN(C)C1(c2cccc(O)c2)CCN(C(=O)C2CNCc3ccccc32)CC1. The molecule has 2 aliphatic heterocycles. The van der Waals surface area contributed by atoms with Gasteiger partial charge in [0, 0.05) is 31.7 Å². The maximum atomic E-state index is 13.3. The van der Waals surface area contributed by atoms with Crippen LogP contribution in [0.15, 0.2) is 48.5 Å². The predicted octanol–water partition coefficient (Wildman–Crippen LogP) is 2.66. The normalized spacial score (nSPS) is 21.4. The summed E-state index contributed by atoms with van der Waals surface area (Å²) in [5.41, 5.74) is 3.36. The van der Waals surface area contributed by atoms with Gasteiger partial charge in [-0.1, -0.05) is 36.4 Å².